The molecule has 2 nitrogen and oxygen atoms in total. The fourth-order valence-corrected chi connectivity index (χ4v) is 2.30. The summed E-state index contributed by atoms with van der Waals surface area (Å²) in [7, 11) is 0. The SMILES string of the molecule is Cc1ccc(-c2ccccc2)c2c1C(=O)OC2. The van der Waals surface area contributed by atoms with E-state index in [0.29, 0.717) is 6.61 Å². The maximum absolute atomic E-state index is 11.6. The molecule has 1 aliphatic rings. The molecule has 0 saturated carbocycles. The first-order valence-electron chi connectivity index (χ1n) is 5.62. The first-order valence-corrected chi connectivity index (χ1v) is 5.62. The van der Waals surface area contributed by atoms with Crippen LogP contribution in [0.2, 0.25) is 0 Å². The standard InChI is InChI=1S/C15H12O2/c1-10-7-8-12(11-5-3-2-4-6-11)13-9-17-15(16)14(10)13/h2-8H,9H2,1H3. The Hall–Kier alpha value is -2.09. The highest BCUT2D eigenvalue weighted by molar-refractivity contribution is 5.97. The molecule has 0 bridgehead atoms. The zero-order chi connectivity index (χ0) is 11.8. The average molecular weight is 224 g/mol. The second-order valence-corrected chi connectivity index (χ2v) is 4.23. The van der Waals surface area contributed by atoms with Crippen molar-refractivity contribution < 1.29 is 9.53 Å². The fourth-order valence-electron chi connectivity index (χ4n) is 2.30. The van der Waals surface area contributed by atoms with Crippen molar-refractivity contribution in [2.45, 2.75) is 13.5 Å². The van der Waals surface area contributed by atoms with Gasteiger partial charge >= 0.3 is 5.97 Å². The van der Waals surface area contributed by atoms with Crippen molar-refractivity contribution in [3.63, 3.8) is 0 Å². The van der Waals surface area contributed by atoms with Gasteiger partial charge in [-0.25, -0.2) is 4.79 Å². The van der Waals surface area contributed by atoms with E-state index < -0.39 is 0 Å². The average Bonchev–Trinajstić information content (AvgIpc) is 2.74. The van der Waals surface area contributed by atoms with Crippen LogP contribution in [0, 0.1) is 6.92 Å². The van der Waals surface area contributed by atoms with E-state index in [0.717, 1.165) is 27.8 Å². The number of hydrogen-bond donors (Lipinski definition) is 0. The number of ether oxygens (including phenoxy) is 1. The molecule has 0 fully saturated rings. The predicted octanol–water partition coefficient (Wildman–Crippen LogP) is 3.33. The molecule has 17 heavy (non-hydrogen) atoms. The van der Waals surface area contributed by atoms with E-state index in [4.69, 9.17) is 4.74 Å². The van der Waals surface area contributed by atoms with Crippen molar-refractivity contribution in [2.24, 2.45) is 0 Å². The van der Waals surface area contributed by atoms with Crippen LogP contribution in [0.25, 0.3) is 11.1 Å². The molecule has 0 N–H and O–H groups in total. The lowest BCUT2D eigenvalue weighted by atomic mass is 9.94. The molecule has 0 unspecified atom stereocenters. The molecule has 2 aromatic rings. The van der Waals surface area contributed by atoms with E-state index in [1.807, 2.05) is 43.3 Å². The van der Waals surface area contributed by atoms with Crippen LogP contribution in [0.5, 0.6) is 0 Å². The second-order valence-electron chi connectivity index (χ2n) is 4.23. The zero-order valence-corrected chi connectivity index (χ0v) is 9.57. The Morgan fingerprint density at radius 2 is 1.82 bits per heavy atom. The number of esters is 1. The number of aryl methyl sites for hydroxylation is 1. The van der Waals surface area contributed by atoms with Crippen molar-refractivity contribution >= 4 is 5.97 Å². The molecular formula is C15H12O2. The summed E-state index contributed by atoms with van der Waals surface area (Å²) in [5.41, 5.74) is 4.97. The summed E-state index contributed by atoms with van der Waals surface area (Å²) in [6.45, 7) is 2.33. The van der Waals surface area contributed by atoms with Crippen molar-refractivity contribution in [3.05, 3.63) is 59.2 Å². The lowest BCUT2D eigenvalue weighted by Crippen LogP contribution is -1.97. The predicted molar refractivity (Wildman–Crippen MR) is 65.7 cm³/mol. The van der Waals surface area contributed by atoms with Crippen LogP contribution in [0.4, 0.5) is 0 Å². The summed E-state index contributed by atoms with van der Waals surface area (Å²) in [5, 5.41) is 0. The maximum Gasteiger partial charge on any atom is 0.339 e. The molecule has 3 rings (SSSR count). The summed E-state index contributed by atoms with van der Waals surface area (Å²) in [4.78, 5) is 11.6. The smallest absolute Gasteiger partial charge is 0.339 e. The summed E-state index contributed by atoms with van der Waals surface area (Å²) in [5.74, 6) is -0.199. The Morgan fingerprint density at radius 1 is 1.06 bits per heavy atom. The van der Waals surface area contributed by atoms with Crippen molar-refractivity contribution in [1.29, 1.82) is 0 Å². The number of carbonyl (C=O) groups excluding carboxylic acids is 1. The fraction of sp³-hybridized carbons (Fsp3) is 0.133. The number of cyclic esters (lactones) is 1. The minimum absolute atomic E-state index is 0.199. The van der Waals surface area contributed by atoms with Gasteiger partial charge in [0.1, 0.15) is 6.61 Å². The van der Waals surface area contributed by atoms with Gasteiger partial charge in [0, 0.05) is 5.56 Å². The Balaban J connectivity index is 2.24. The minimum Gasteiger partial charge on any atom is -0.457 e. The molecule has 1 aliphatic heterocycles. The van der Waals surface area contributed by atoms with Gasteiger partial charge in [0.15, 0.2) is 0 Å². The summed E-state index contributed by atoms with van der Waals surface area (Å²) < 4.78 is 5.13. The van der Waals surface area contributed by atoms with Gasteiger partial charge in [-0.2, -0.15) is 0 Å². The third kappa shape index (κ3) is 1.53. The van der Waals surface area contributed by atoms with Gasteiger partial charge in [-0.3, -0.25) is 0 Å². The maximum atomic E-state index is 11.6. The van der Waals surface area contributed by atoms with E-state index >= 15 is 0 Å². The van der Waals surface area contributed by atoms with Gasteiger partial charge in [-0.15, -0.1) is 0 Å². The van der Waals surface area contributed by atoms with Crippen LogP contribution in [-0.4, -0.2) is 5.97 Å². The second kappa shape index (κ2) is 3.74. The van der Waals surface area contributed by atoms with Gasteiger partial charge in [0.05, 0.1) is 5.56 Å². The Kier molecular flexibility index (Phi) is 2.22. The molecule has 0 radical (unpaired) electrons. The third-order valence-corrected chi connectivity index (χ3v) is 3.16. The van der Waals surface area contributed by atoms with E-state index in [1.54, 1.807) is 0 Å². The first kappa shape index (κ1) is 10.1. The van der Waals surface area contributed by atoms with Gasteiger partial charge in [0.25, 0.3) is 0 Å². The molecule has 2 aromatic carbocycles. The molecule has 84 valence electrons. The highest BCUT2D eigenvalue weighted by atomic mass is 16.5. The Bertz CT molecular complexity index is 585. The van der Waals surface area contributed by atoms with Crippen molar-refractivity contribution in [3.8, 4) is 11.1 Å². The van der Waals surface area contributed by atoms with Gasteiger partial charge < -0.3 is 4.74 Å². The third-order valence-electron chi connectivity index (χ3n) is 3.16. The number of benzene rings is 2. The molecule has 2 heteroatoms. The van der Waals surface area contributed by atoms with Gasteiger partial charge in [-0.05, 0) is 23.6 Å². The lowest BCUT2D eigenvalue weighted by molar-refractivity contribution is 0.0535. The lowest BCUT2D eigenvalue weighted by Gasteiger charge is -2.07. The van der Waals surface area contributed by atoms with Crippen LogP contribution in [0.15, 0.2) is 42.5 Å². The number of fused-ring (bicyclic) bond motifs is 1. The van der Waals surface area contributed by atoms with Crippen LogP contribution in [0.1, 0.15) is 21.5 Å². The van der Waals surface area contributed by atoms with Crippen molar-refractivity contribution in [1.82, 2.24) is 0 Å². The van der Waals surface area contributed by atoms with Crippen LogP contribution in [-0.2, 0) is 11.3 Å². The normalized spacial score (nSPS) is 13.4. The number of rotatable bonds is 1. The molecule has 0 aromatic heterocycles. The van der Waals surface area contributed by atoms with Crippen LogP contribution in [0.3, 0.4) is 0 Å². The monoisotopic (exact) mass is 224 g/mol. The van der Waals surface area contributed by atoms with E-state index in [-0.39, 0.29) is 5.97 Å². The van der Waals surface area contributed by atoms with Gasteiger partial charge in [-0.1, -0.05) is 42.5 Å². The topological polar surface area (TPSA) is 26.3 Å². The molecular weight excluding hydrogens is 212 g/mol. The highest BCUT2D eigenvalue weighted by Gasteiger charge is 2.26. The number of hydrogen-bond acceptors (Lipinski definition) is 2. The Morgan fingerprint density at radius 3 is 2.59 bits per heavy atom. The van der Waals surface area contributed by atoms with E-state index in [2.05, 4.69) is 6.07 Å². The quantitative estimate of drug-likeness (QED) is 0.694. The minimum atomic E-state index is -0.199. The molecule has 1 heterocycles. The Labute approximate surface area is 99.9 Å². The van der Waals surface area contributed by atoms with Crippen LogP contribution >= 0.6 is 0 Å². The molecule has 0 amide bonds. The van der Waals surface area contributed by atoms with Crippen molar-refractivity contribution in [2.75, 3.05) is 0 Å². The highest BCUT2D eigenvalue weighted by Crippen LogP contribution is 2.33. The summed E-state index contributed by atoms with van der Waals surface area (Å²) in [6, 6.07) is 14.1. The molecule has 0 aliphatic carbocycles. The largest absolute Gasteiger partial charge is 0.457 e. The zero-order valence-electron chi connectivity index (χ0n) is 9.57. The number of carbonyl (C=O) groups is 1. The van der Waals surface area contributed by atoms with E-state index in [1.165, 1.54) is 0 Å². The van der Waals surface area contributed by atoms with Crippen LogP contribution < -0.4 is 0 Å². The van der Waals surface area contributed by atoms with E-state index in [9.17, 15) is 4.79 Å². The first-order chi connectivity index (χ1) is 8.27. The summed E-state index contributed by atoms with van der Waals surface area (Å²) in [6.07, 6.45) is 0. The summed E-state index contributed by atoms with van der Waals surface area (Å²) >= 11 is 0. The molecule has 0 saturated heterocycles. The molecule has 0 atom stereocenters. The molecule has 0 spiro atoms. The van der Waals surface area contributed by atoms with Gasteiger partial charge in [0.2, 0.25) is 0 Å².